The molecule has 0 aliphatic carbocycles. The Bertz CT molecular complexity index is 815. The summed E-state index contributed by atoms with van der Waals surface area (Å²) in [7, 11) is 1.61. The number of rotatable bonds is 9. The van der Waals surface area contributed by atoms with Crippen LogP contribution in [-0.2, 0) is 22.6 Å². The van der Waals surface area contributed by atoms with Gasteiger partial charge in [0.25, 0.3) is 0 Å². The summed E-state index contributed by atoms with van der Waals surface area (Å²) < 4.78 is 5.18. The largest absolute Gasteiger partial charge is 0.497 e. The molecule has 0 saturated heterocycles. The van der Waals surface area contributed by atoms with E-state index >= 15 is 0 Å². The fourth-order valence-corrected chi connectivity index (χ4v) is 3.06. The zero-order chi connectivity index (χ0) is 21.4. The Balaban J connectivity index is 2.19. The summed E-state index contributed by atoms with van der Waals surface area (Å²) in [6, 6.07) is 14.9. The second kappa shape index (κ2) is 10.6. The van der Waals surface area contributed by atoms with Crippen LogP contribution >= 0.6 is 0 Å². The highest BCUT2D eigenvalue weighted by molar-refractivity contribution is 5.88. The fourth-order valence-electron chi connectivity index (χ4n) is 3.06. The van der Waals surface area contributed by atoms with E-state index in [4.69, 9.17) is 4.74 Å². The highest BCUT2D eigenvalue weighted by Gasteiger charge is 2.26. The molecule has 0 aromatic heterocycles. The number of ether oxygens (including phenoxy) is 1. The number of hydrogen-bond donors (Lipinski definition) is 1. The lowest BCUT2D eigenvalue weighted by Gasteiger charge is -2.29. The number of carbonyl (C=O) groups excluding carboxylic acids is 2. The Kier molecular flexibility index (Phi) is 8.25. The van der Waals surface area contributed by atoms with Crippen molar-refractivity contribution in [3.05, 3.63) is 65.2 Å². The Labute approximate surface area is 174 Å². The lowest BCUT2D eigenvalue weighted by atomic mass is 10.1. The SMILES string of the molecule is COc1ccc(CC(=O)N(Cc2cccc(C)c2)[C@@H](C)C(=O)NCC(C)C)cc1. The number of aryl methyl sites for hydroxylation is 1. The number of carbonyl (C=O) groups is 2. The average molecular weight is 397 g/mol. The van der Waals surface area contributed by atoms with Crippen molar-refractivity contribution in [1.82, 2.24) is 10.2 Å². The molecule has 0 saturated carbocycles. The molecule has 0 unspecified atom stereocenters. The van der Waals surface area contributed by atoms with E-state index in [1.165, 1.54) is 0 Å². The van der Waals surface area contributed by atoms with E-state index in [-0.39, 0.29) is 18.2 Å². The van der Waals surface area contributed by atoms with Gasteiger partial charge in [-0.15, -0.1) is 0 Å². The Morgan fingerprint density at radius 1 is 1.03 bits per heavy atom. The fraction of sp³-hybridized carbons (Fsp3) is 0.417. The molecule has 2 aromatic rings. The molecule has 0 radical (unpaired) electrons. The Morgan fingerprint density at radius 3 is 2.31 bits per heavy atom. The standard InChI is InChI=1S/C24H32N2O3/c1-17(2)15-25-24(28)19(4)26(16-21-8-6-7-18(3)13-21)23(27)14-20-9-11-22(29-5)12-10-20/h6-13,17,19H,14-16H2,1-5H3,(H,25,28)/t19-/m0/s1. The molecule has 5 nitrogen and oxygen atoms in total. The predicted molar refractivity (Wildman–Crippen MR) is 116 cm³/mol. The highest BCUT2D eigenvalue weighted by Crippen LogP contribution is 2.16. The third kappa shape index (κ3) is 6.93. The van der Waals surface area contributed by atoms with Crippen molar-refractivity contribution in [2.75, 3.05) is 13.7 Å². The number of amides is 2. The highest BCUT2D eigenvalue weighted by atomic mass is 16.5. The van der Waals surface area contributed by atoms with Gasteiger partial charge in [0.15, 0.2) is 0 Å². The van der Waals surface area contributed by atoms with Gasteiger partial charge in [-0.2, -0.15) is 0 Å². The summed E-state index contributed by atoms with van der Waals surface area (Å²) in [5.41, 5.74) is 3.03. The van der Waals surface area contributed by atoms with Crippen LogP contribution in [0, 0.1) is 12.8 Å². The molecule has 0 spiro atoms. The Morgan fingerprint density at radius 2 is 1.72 bits per heavy atom. The van der Waals surface area contributed by atoms with Crippen LogP contribution in [0.3, 0.4) is 0 Å². The van der Waals surface area contributed by atoms with Gasteiger partial charge in [0.1, 0.15) is 11.8 Å². The van der Waals surface area contributed by atoms with Crippen molar-refractivity contribution in [2.45, 2.75) is 46.7 Å². The number of hydrogen-bond acceptors (Lipinski definition) is 3. The van der Waals surface area contributed by atoms with E-state index in [1.54, 1.807) is 18.9 Å². The molecule has 2 amide bonds. The van der Waals surface area contributed by atoms with Crippen LogP contribution in [0.25, 0.3) is 0 Å². The zero-order valence-corrected chi connectivity index (χ0v) is 18.1. The second-order valence-electron chi connectivity index (χ2n) is 7.85. The molecule has 156 valence electrons. The minimum atomic E-state index is -0.556. The number of benzene rings is 2. The van der Waals surface area contributed by atoms with Crippen LogP contribution in [0.1, 0.15) is 37.5 Å². The molecule has 29 heavy (non-hydrogen) atoms. The molecule has 2 rings (SSSR count). The first kappa shape index (κ1) is 22.5. The molecule has 0 aliphatic rings. The minimum absolute atomic E-state index is 0.0798. The third-order valence-electron chi connectivity index (χ3n) is 4.80. The first-order valence-corrected chi connectivity index (χ1v) is 10.1. The topological polar surface area (TPSA) is 58.6 Å². The summed E-state index contributed by atoms with van der Waals surface area (Å²) in [4.78, 5) is 27.5. The van der Waals surface area contributed by atoms with E-state index in [0.717, 1.165) is 22.4 Å². The molecule has 0 bridgehead atoms. The summed E-state index contributed by atoms with van der Waals surface area (Å²) in [5.74, 6) is 0.893. The maximum atomic E-state index is 13.2. The van der Waals surface area contributed by atoms with E-state index < -0.39 is 6.04 Å². The first-order valence-electron chi connectivity index (χ1n) is 10.1. The second-order valence-corrected chi connectivity index (χ2v) is 7.85. The van der Waals surface area contributed by atoms with Gasteiger partial charge in [-0.1, -0.05) is 55.8 Å². The smallest absolute Gasteiger partial charge is 0.242 e. The van der Waals surface area contributed by atoms with Crippen molar-refractivity contribution >= 4 is 11.8 Å². The maximum absolute atomic E-state index is 13.2. The molecule has 1 N–H and O–H groups in total. The van der Waals surface area contributed by atoms with E-state index in [1.807, 2.05) is 69.3 Å². The van der Waals surface area contributed by atoms with E-state index in [9.17, 15) is 9.59 Å². The minimum Gasteiger partial charge on any atom is -0.497 e. The van der Waals surface area contributed by atoms with Gasteiger partial charge in [0, 0.05) is 13.1 Å². The summed E-state index contributed by atoms with van der Waals surface area (Å²) in [6.07, 6.45) is 0.234. The van der Waals surface area contributed by atoms with Crippen LogP contribution in [0.5, 0.6) is 5.75 Å². The molecular formula is C24H32N2O3. The normalized spacial score (nSPS) is 11.8. The molecule has 0 fully saturated rings. The zero-order valence-electron chi connectivity index (χ0n) is 18.1. The number of methoxy groups -OCH3 is 1. The van der Waals surface area contributed by atoms with Gasteiger partial charge in [0.05, 0.1) is 13.5 Å². The Hall–Kier alpha value is -2.82. The quantitative estimate of drug-likeness (QED) is 0.703. The summed E-state index contributed by atoms with van der Waals surface area (Å²) >= 11 is 0. The van der Waals surface area contributed by atoms with Gasteiger partial charge in [-0.3, -0.25) is 9.59 Å². The molecular weight excluding hydrogens is 364 g/mol. The number of nitrogens with zero attached hydrogens (tertiary/aromatic N) is 1. The van der Waals surface area contributed by atoms with Crippen LogP contribution in [0.4, 0.5) is 0 Å². The van der Waals surface area contributed by atoms with Crippen molar-refractivity contribution in [2.24, 2.45) is 5.92 Å². The van der Waals surface area contributed by atoms with Crippen LogP contribution in [-0.4, -0.2) is 36.4 Å². The van der Waals surface area contributed by atoms with Crippen molar-refractivity contribution < 1.29 is 14.3 Å². The molecule has 2 aromatic carbocycles. The van der Waals surface area contributed by atoms with Gasteiger partial charge in [-0.25, -0.2) is 0 Å². The van der Waals surface area contributed by atoms with Crippen LogP contribution < -0.4 is 10.1 Å². The van der Waals surface area contributed by atoms with E-state index in [2.05, 4.69) is 5.32 Å². The van der Waals surface area contributed by atoms with Crippen molar-refractivity contribution in [3.8, 4) is 5.75 Å². The van der Waals surface area contributed by atoms with E-state index in [0.29, 0.717) is 19.0 Å². The van der Waals surface area contributed by atoms with Crippen LogP contribution in [0.15, 0.2) is 48.5 Å². The summed E-state index contributed by atoms with van der Waals surface area (Å²) in [6.45, 7) is 8.89. The van der Waals surface area contributed by atoms with Crippen molar-refractivity contribution in [3.63, 3.8) is 0 Å². The van der Waals surface area contributed by atoms with Gasteiger partial charge in [0.2, 0.25) is 11.8 Å². The van der Waals surface area contributed by atoms with Gasteiger partial charge >= 0.3 is 0 Å². The molecule has 1 atom stereocenters. The van der Waals surface area contributed by atoms with Crippen molar-refractivity contribution in [1.29, 1.82) is 0 Å². The van der Waals surface area contributed by atoms with Gasteiger partial charge in [-0.05, 0) is 43.0 Å². The predicted octanol–water partition coefficient (Wildman–Crippen LogP) is 3.74. The summed E-state index contributed by atoms with van der Waals surface area (Å²) in [5, 5.41) is 2.94. The molecule has 0 aliphatic heterocycles. The third-order valence-corrected chi connectivity index (χ3v) is 4.80. The van der Waals surface area contributed by atoms with Crippen LogP contribution in [0.2, 0.25) is 0 Å². The first-order chi connectivity index (χ1) is 13.8. The monoisotopic (exact) mass is 396 g/mol. The molecule has 5 heteroatoms. The number of nitrogens with one attached hydrogen (secondary N) is 1. The molecule has 0 heterocycles. The van der Waals surface area contributed by atoms with Gasteiger partial charge < -0.3 is 15.0 Å². The average Bonchev–Trinajstić information content (AvgIpc) is 2.70. The maximum Gasteiger partial charge on any atom is 0.242 e. The lowest BCUT2D eigenvalue weighted by Crippen LogP contribution is -2.48. The lowest BCUT2D eigenvalue weighted by molar-refractivity contribution is -0.140.